The number of pyridine rings is 1. The maximum atomic E-state index is 12.5. The Morgan fingerprint density at radius 1 is 1.10 bits per heavy atom. The zero-order valence-electron chi connectivity index (χ0n) is 16.0. The Bertz CT molecular complexity index is 900. The van der Waals surface area contributed by atoms with Crippen molar-refractivity contribution < 1.29 is 28.6 Å². The van der Waals surface area contributed by atoms with Gasteiger partial charge in [0.05, 0.1) is 11.6 Å². The molecule has 1 unspecified atom stereocenters. The maximum absolute atomic E-state index is 12.5. The van der Waals surface area contributed by atoms with Crippen molar-refractivity contribution in [2.24, 2.45) is 5.92 Å². The van der Waals surface area contributed by atoms with Gasteiger partial charge in [0.15, 0.2) is 23.6 Å². The van der Waals surface area contributed by atoms with Crippen molar-refractivity contribution in [3.63, 3.8) is 0 Å². The molecule has 0 aliphatic rings. The SMILES string of the molecule is CCOC(=O)[C@H](C(C)=O)C(=O)C(C)Oc1ccc(Oc2ncc(Cl)cc2Cl)cc1. The molecule has 0 aliphatic heterocycles. The molecule has 0 aliphatic carbocycles. The van der Waals surface area contributed by atoms with Gasteiger partial charge in [-0.1, -0.05) is 23.2 Å². The second-order valence-electron chi connectivity index (χ2n) is 5.97. The molecule has 0 bridgehead atoms. The Labute approximate surface area is 177 Å². The number of rotatable bonds is 9. The van der Waals surface area contributed by atoms with Crippen molar-refractivity contribution in [1.82, 2.24) is 4.98 Å². The highest BCUT2D eigenvalue weighted by molar-refractivity contribution is 6.35. The lowest BCUT2D eigenvalue weighted by molar-refractivity contribution is -0.156. The average Bonchev–Trinajstić information content (AvgIpc) is 2.65. The van der Waals surface area contributed by atoms with Crippen LogP contribution in [0.2, 0.25) is 10.0 Å². The molecule has 1 aromatic carbocycles. The summed E-state index contributed by atoms with van der Waals surface area (Å²) in [6.45, 7) is 4.28. The summed E-state index contributed by atoms with van der Waals surface area (Å²) in [7, 11) is 0. The smallest absolute Gasteiger partial charge is 0.324 e. The summed E-state index contributed by atoms with van der Waals surface area (Å²) in [6.07, 6.45) is 0.371. The van der Waals surface area contributed by atoms with Gasteiger partial charge in [-0.15, -0.1) is 0 Å². The quantitative estimate of drug-likeness (QED) is 0.424. The first-order valence-corrected chi connectivity index (χ1v) is 9.45. The van der Waals surface area contributed by atoms with Crippen LogP contribution >= 0.6 is 23.2 Å². The van der Waals surface area contributed by atoms with Gasteiger partial charge in [-0.05, 0) is 51.1 Å². The van der Waals surface area contributed by atoms with Crippen molar-refractivity contribution in [3.8, 4) is 17.4 Å². The third-order valence-corrected chi connectivity index (χ3v) is 4.22. The number of benzene rings is 1. The zero-order valence-corrected chi connectivity index (χ0v) is 17.5. The van der Waals surface area contributed by atoms with Crippen LogP contribution in [0.3, 0.4) is 0 Å². The minimum atomic E-state index is -1.51. The van der Waals surface area contributed by atoms with Crippen molar-refractivity contribution in [3.05, 3.63) is 46.6 Å². The molecule has 1 aromatic heterocycles. The van der Waals surface area contributed by atoms with Crippen molar-refractivity contribution in [1.29, 1.82) is 0 Å². The van der Waals surface area contributed by atoms with Crippen molar-refractivity contribution in [2.45, 2.75) is 26.9 Å². The van der Waals surface area contributed by atoms with Gasteiger partial charge in [0.1, 0.15) is 16.5 Å². The molecule has 2 aromatic rings. The topological polar surface area (TPSA) is 91.8 Å². The number of carbonyl (C=O) groups excluding carboxylic acids is 3. The van der Waals surface area contributed by atoms with E-state index in [0.717, 1.165) is 6.92 Å². The first-order valence-electron chi connectivity index (χ1n) is 8.69. The van der Waals surface area contributed by atoms with Crippen molar-refractivity contribution >= 4 is 40.7 Å². The largest absolute Gasteiger partial charge is 0.483 e. The Kier molecular flexibility index (Phi) is 7.99. The van der Waals surface area contributed by atoms with Crippen LogP contribution < -0.4 is 9.47 Å². The number of carbonyl (C=O) groups is 3. The van der Waals surface area contributed by atoms with E-state index in [9.17, 15) is 14.4 Å². The Morgan fingerprint density at radius 2 is 1.72 bits per heavy atom. The molecular weight excluding hydrogens is 421 g/mol. The van der Waals surface area contributed by atoms with Crippen molar-refractivity contribution in [2.75, 3.05) is 6.61 Å². The molecule has 0 radical (unpaired) electrons. The molecule has 0 amide bonds. The van der Waals surface area contributed by atoms with Gasteiger partial charge in [-0.2, -0.15) is 0 Å². The molecule has 1 heterocycles. The van der Waals surface area contributed by atoms with E-state index in [4.69, 9.17) is 37.4 Å². The number of hydrogen-bond acceptors (Lipinski definition) is 7. The van der Waals surface area contributed by atoms with Gasteiger partial charge >= 0.3 is 5.97 Å². The number of nitrogens with zero attached hydrogens (tertiary/aromatic N) is 1. The summed E-state index contributed by atoms with van der Waals surface area (Å²) in [5.74, 6) is -2.69. The summed E-state index contributed by atoms with van der Waals surface area (Å²) in [5.41, 5.74) is 0. The third kappa shape index (κ3) is 6.17. The van der Waals surface area contributed by atoms with E-state index in [0.29, 0.717) is 16.5 Å². The van der Waals surface area contributed by atoms with Crippen LogP contribution in [-0.4, -0.2) is 35.2 Å². The van der Waals surface area contributed by atoms with Crippen LogP contribution in [0.1, 0.15) is 20.8 Å². The summed E-state index contributed by atoms with van der Waals surface area (Å²) < 4.78 is 15.9. The average molecular weight is 440 g/mol. The van der Waals surface area contributed by atoms with Crippen LogP contribution in [-0.2, 0) is 19.1 Å². The lowest BCUT2D eigenvalue weighted by atomic mass is 9.96. The molecule has 154 valence electrons. The van der Waals surface area contributed by atoms with Gasteiger partial charge in [-0.3, -0.25) is 14.4 Å². The standard InChI is InChI=1S/C20H19Cl2NO6/c1-4-27-20(26)17(11(2)24)18(25)12(3)28-14-5-7-15(8-6-14)29-19-16(22)9-13(21)10-23-19/h5-10,12,17H,4H2,1-3H3/t12?,17-/m1/s1. The van der Waals surface area contributed by atoms with E-state index in [1.54, 1.807) is 31.2 Å². The second kappa shape index (κ2) is 10.2. The molecule has 2 atom stereocenters. The Balaban J connectivity index is 2.05. The fraction of sp³-hybridized carbons (Fsp3) is 0.300. The van der Waals surface area contributed by atoms with Crippen LogP contribution in [0.25, 0.3) is 0 Å². The molecule has 9 heteroatoms. The molecule has 2 rings (SSSR count). The highest BCUT2D eigenvalue weighted by Crippen LogP contribution is 2.30. The van der Waals surface area contributed by atoms with E-state index in [-0.39, 0.29) is 17.5 Å². The second-order valence-corrected chi connectivity index (χ2v) is 6.82. The molecule has 0 saturated heterocycles. The minimum absolute atomic E-state index is 0.0685. The summed E-state index contributed by atoms with van der Waals surface area (Å²) in [4.78, 5) is 40.1. The Hall–Kier alpha value is -2.64. The summed E-state index contributed by atoms with van der Waals surface area (Å²) >= 11 is 11.8. The third-order valence-electron chi connectivity index (χ3n) is 3.74. The van der Waals surface area contributed by atoms with E-state index in [2.05, 4.69) is 4.98 Å². The molecular formula is C20H19Cl2NO6. The number of halogens is 2. The van der Waals surface area contributed by atoms with E-state index < -0.39 is 29.6 Å². The predicted octanol–water partition coefficient (Wildman–Crippen LogP) is 4.29. The van der Waals surface area contributed by atoms with Crippen LogP contribution in [0, 0.1) is 5.92 Å². The maximum Gasteiger partial charge on any atom is 0.324 e. The van der Waals surface area contributed by atoms with E-state index >= 15 is 0 Å². The molecule has 0 N–H and O–H groups in total. The highest BCUT2D eigenvalue weighted by atomic mass is 35.5. The van der Waals surface area contributed by atoms with Gasteiger partial charge in [-0.25, -0.2) is 4.98 Å². The van der Waals surface area contributed by atoms with E-state index in [1.165, 1.54) is 19.2 Å². The molecule has 29 heavy (non-hydrogen) atoms. The number of Topliss-reactive ketones (excluding diaryl/α,β-unsaturated/α-hetero) is 2. The zero-order chi connectivity index (χ0) is 21.6. The molecule has 7 nitrogen and oxygen atoms in total. The van der Waals surface area contributed by atoms with Gasteiger partial charge in [0, 0.05) is 6.20 Å². The number of aromatic nitrogens is 1. The first-order chi connectivity index (χ1) is 13.7. The normalized spacial score (nSPS) is 12.6. The summed E-state index contributed by atoms with van der Waals surface area (Å²) in [5, 5.41) is 0.641. The van der Waals surface area contributed by atoms with Crippen LogP contribution in [0.15, 0.2) is 36.5 Å². The fourth-order valence-electron chi connectivity index (χ4n) is 2.38. The number of hydrogen-bond donors (Lipinski definition) is 0. The predicted molar refractivity (Wildman–Crippen MR) is 107 cm³/mol. The monoisotopic (exact) mass is 439 g/mol. The molecule has 0 spiro atoms. The first kappa shape index (κ1) is 22.6. The molecule has 0 fully saturated rings. The Morgan fingerprint density at radius 3 is 2.28 bits per heavy atom. The van der Waals surface area contributed by atoms with Crippen LogP contribution in [0.5, 0.6) is 17.4 Å². The van der Waals surface area contributed by atoms with Gasteiger partial charge < -0.3 is 14.2 Å². The highest BCUT2D eigenvalue weighted by Gasteiger charge is 2.36. The fourth-order valence-corrected chi connectivity index (χ4v) is 2.80. The number of ketones is 2. The minimum Gasteiger partial charge on any atom is -0.483 e. The number of esters is 1. The van der Waals surface area contributed by atoms with Gasteiger partial charge in [0.2, 0.25) is 5.88 Å². The van der Waals surface area contributed by atoms with E-state index in [1.807, 2.05) is 0 Å². The lowest BCUT2D eigenvalue weighted by Gasteiger charge is -2.18. The molecule has 0 saturated carbocycles. The lowest BCUT2D eigenvalue weighted by Crippen LogP contribution is -2.39. The van der Waals surface area contributed by atoms with Gasteiger partial charge in [0.25, 0.3) is 0 Å². The van der Waals surface area contributed by atoms with Crippen LogP contribution in [0.4, 0.5) is 0 Å². The number of ether oxygens (including phenoxy) is 3. The summed E-state index contributed by atoms with van der Waals surface area (Å²) in [6, 6.07) is 7.82.